The Balaban J connectivity index is 1.62. The van der Waals surface area contributed by atoms with Gasteiger partial charge in [-0.25, -0.2) is 4.79 Å². The van der Waals surface area contributed by atoms with E-state index in [1.807, 2.05) is 38.1 Å². The minimum atomic E-state index is -0.842. The normalized spacial score (nSPS) is 26.0. The summed E-state index contributed by atoms with van der Waals surface area (Å²) < 4.78 is 5.26. The van der Waals surface area contributed by atoms with Crippen molar-refractivity contribution in [1.82, 2.24) is 10.2 Å². The molecule has 6 nitrogen and oxygen atoms in total. The molecule has 1 heterocycles. The lowest BCUT2D eigenvalue weighted by molar-refractivity contribution is -0.149. The fourth-order valence-corrected chi connectivity index (χ4v) is 3.74. The number of hydrogen-bond donors (Lipinski definition) is 1. The van der Waals surface area contributed by atoms with E-state index in [1.54, 1.807) is 0 Å². The quantitative estimate of drug-likeness (QED) is 0.673. The summed E-state index contributed by atoms with van der Waals surface area (Å²) in [5.74, 6) is -0.796. The average Bonchev–Trinajstić information content (AvgIpc) is 2.82. The van der Waals surface area contributed by atoms with Crippen molar-refractivity contribution in [3.8, 4) is 0 Å². The van der Waals surface area contributed by atoms with Crippen LogP contribution in [0.3, 0.4) is 0 Å². The number of benzene rings is 1. The SMILES string of the molecule is Cc1ccccc1COC(=O)CN1C(=O)N[C@]2(CCCC[C@H]2C)C1=O. The van der Waals surface area contributed by atoms with Gasteiger partial charge in [0.25, 0.3) is 5.91 Å². The molecule has 2 fully saturated rings. The zero-order valence-corrected chi connectivity index (χ0v) is 14.7. The molecule has 1 aromatic rings. The first kappa shape index (κ1) is 17.5. The van der Waals surface area contributed by atoms with E-state index in [4.69, 9.17) is 4.74 Å². The third-order valence-corrected chi connectivity index (χ3v) is 5.44. The fraction of sp³-hybridized carbons (Fsp3) is 0.526. The molecule has 1 saturated carbocycles. The van der Waals surface area contributed by atoms with Gasteiger partial charge in [0.2, 0.25) is 0 Å². The Hall–Kier alpha value is -2.37. The summed E-state index contributed by atoms with van der Waals surface area (Å²) in [6.45, 7) is 3.72. The Morgan fingerprint density at radius 3 is 2.80 bits per heavy atom. The van der Waals surface area contributed by atoms with Crippen LogP contribution in [0.15, 0.2) is 24.3 Å². The van der Waals surface area contributed by atoms with Gasteiger partial charge in [0.15, 0.2) is 0 Å². The van der Waals surface area contributed by atoms with Crippen molar-refractivity contribution in [2.24, 2.45) is 5.92 Å². The molecule has 25 heavy (non-hydrogen) atoms. The van der Waals surface area contributed by atoms with Crippen LogP contribution in [0.5, 0.6) is 0 Å². The second kappa shape index (κ2) is 6.86. The number of amides is 3. The first-order valence-corrected chi connectivity index (χ1v) is 8.78. The lowest BCUT2D eigenvalue weighted by atomic mass is 9.73. The van der Waals surface area contributed by atoms with Crippen LogP contribution in [0.2, 0.25) is 0 Å². The Morgan fingerprint density at radius 2 is 2.08 bits per heavy atom. The van der Waals surface area contributed by atoms with Crippen LogP contribution < -0.4 is 5.32 Å². The molecular formula is C19H24N2O4. The highest BCUT2D eigenvalue weighted by Gasteiger charge is 2.55. The summed E-state index contributed by atoms with van der Waals surface area (Å²) in [5, 5.41) is 2.84. The predicted molar refractivity (Wildman–Crippen MR) is 91.6 cm³/mol. The number of esters is 1. The standard InChI is InChI=1S/C19H24N2O4/c1-13-7-3-4-9-15(13)12-25-16(22)11-21-17(23)19(20-18(21)24)10-6-5-8-14(19)2/h3-4,7,9,14H,5-6,8,10-12H2,1-2H3,(H,20,24)/t14-,19+/m1/s1. The molecule has 3 rings (SSSR count). The largest absolute Gasteiger partial charge is 0.459 e. The Kier molecular flexibility index (Phi) is 4.79. The number of nitrogens with zero attached hydrogens (tertiary/aromatic N) is 1. The van der Waals surface area contributed by atoms with Gasteiger partial charge < -0.3 is 10.1 Å². The minimum Gasteiger partial charge on any atom is -0.459 e. The van der Waals surface area contributed by atoms with Crippen LogP contribution in [0.25, 0.3) is 0 Å². The second-order valence-corrected chi connectivity index (χ2v) is 7.03. The number of imide groups is 1. The molecule has 6 heteroatoms. The summed E-state index contributed by atoms with van der Waals surface area (Å²) in [4.78, 5) is 38.2. The maximum atomic E-state index is 12.8. The Morgan fingerprint density at radius 1 is 1.32 bits per heavy atom. The molecule has 1 spiro atoms. The number of aryl methyl sites for hydroxylation is 1. The highest BCUT2D eigenvalue weighted by molar-refractivity contribution is 6.08. The van der Waals surface area contributed by atoms with Crippen LogP contribution in [0, 0.1) is 12.8 Å². The molecule has 1 aliphatic heterocycles. The highest BCUT2D eigenvalue weighted by Crippen LogP contribution is 2.38. The molecular weight excluding hydrogens is 320 g/mol. The van der Waals surface area contributed by atoms with Crippen LogP contribution in [-0.2, 0) is 20.9 Å². The maximum Gasteiger partial charge on any atom is 0.326 e. The number of hydrogen-bond acceptors (Lipinski definition) is 4. The zero-order valence-electron chi connectivity index (χ0n) is 14.7. The van der Waals surface area contributed by atoms with Gasteiger partial charge >= 0.3 is 12.0 Å². The number of urea groups is 1. The third-order valence-electron chi connectivity index (χ3n) is 5.44. The first-order chi connectivity index (χ1) is 11.9. The van der Waals surface area contributed by atoms with Gasteiger partial charge in [0, 0.05) is 0 Å². The average molecular weight is 344 g/mol. The third kappa shape index (κ3) is 3.25. The lowest BCUT2D eigenvalue weighted by Gasteiger charge is -2.36. The monoisotopic (exact) mass is 344 g/mol. The molecule has 1 aliphatic carbocycles. The molecule has 0 aromatic heterocycles. The van der Waals surface area contributed by atoms with Gasteiger partial charge in [0.1, 0.15) is 18.7 Å². The van der Waals surface area contributed by atoms with Gasteiger partial charge in [-0.2, -0.15) is 0 Å². The van der Waals surface area contributed by atoms with Crippen LogP contribution in [-0.4, -0.2) is 34.9 Å². The summed E-state index contributed by atoms with van der Waals surface area (Å²) in [7, 11) is 0. The van der Waals surface area contributed by atoms with E-state index in [0.717, 1.165) is 35.3 Å². The highest BCUT2D eigenvalue weighted by atomic mass is 16.5. The molecule has 3 amide bonds. The first-order valence-electron chi connectivity index (χ1n) is 8.78. The van der Waals surface area contributed by atoms with Crippen molar-refractivity contribution in [2.75, 3.05) is 6.54 Å². The summed E-state index contributed by atoms with van der Waals surface area (Å²) in [6, 6.07) is 7.12. The van der Waals surface area contributed by atoms with E-state index in [0.29, 0.717) is 6.42 Å². The Labute approximate surface area is 147 Å². The molecule has 1 saturated heterocycles. The van der Waals surface area contributed by atoms with Crippen LogP contribution in [0.1, 0.15) is 43.7 Å². The van der Waals surface area contributed by atoms with Gasteiger partial charge in [-0.1, -0.05) is 44.0 Å². The van der Waals surface area contributed by atoms with E-state index >= 15 is 0 Å². The Bertz CT molecular complexity index is 702. The van der Waals surface area contributed by atoms with E-state index in [9.17, 15) is 14.4 Å². The summed E-state index contributed by atoms with van der Waals surface area (Å²) in [5.41, 5.74) is 1.09. The maximum absolute atomic E-state index is 12.8. The molecule has 2 atom stereocenters. The van der Waals surface area contributed by atoms with Gasteiger partial charge in [-0.15, -0.1) is 0 Å². The van der Waals surface area contributed by atoms with Crippen molar-refractivity contribution < 1.29 is 19.1 Å². The summed E-state index contributed by atoms with van der Waals surface area (Å²) >= 11 is 0. The number of carbonyl (C=O) groups is 3. The molecule has 0 radical (unpaired) electrons. The number of rotatable bonds is 4. The van der Waals surface area contributed by atoms with Crippen molar-refractivity contribution in [3.05, 3.63) is 35.4 Å². The molecule has 134 valence electrons. The topological polar surface area (TPSA) is 75.7 Å². The van der Waals surface area contributed by atoms with Crippen LogP contribution >= 0.6 is 0 Å². The van der Waals surface area contributed by atoms with Crippen molar-refractivity contribution in [2.45, 2.75) is 51.7 Å². The minimum absolute atomic E-state index is 0.0747. The van der Waals surface area contributed by atoms with Crippen LogP contribution in [0.4, 0.5) is 4.79 Å². The smallest absolute Gasteiger partial charge is 0.326 e. The van der Waals surface area contributed by atoms with Gasteiger partial charge in [-0.3, -0.25) is 14.5 Å². The van der Waals surface area contributed by atoms with E-state index in [1.165, 1.54) is 0 Å². The molecule has 0 bridgehead atoms. The lowest BCUT2D eigenvalue weighted by Crippen LogP contribution is -2.54. The number of nitrogens with one attached hydrogen (secondary N) is 1. The van der Waals surface area contributed by atoms with E-state index in [-0.39, 0.29) is 25.0 Å². The van der Waals surface area contributed by atoms with Crippen molar-refractivity contribution in [1.29, 1.82) is 0 Å². The molecule has 2 aliphatic rings. The van der Waals surface area contributed by atoms with Gasteiger partial charge in [-0.05, 0) is 36.8 Å². The molecule has 0 unspecified atom stereocenters. The van der Waals surface area contributed by atoms with E-state index in [2.05, 4.69) is 5.32 Å². The number of carbonyl (C=O) groups excluding carboxylic acids is 3. The molecule has 1 N–H and O–H groups in total. The van der Waals surface area contributed by atoms with Crippen molar-refractivity contribution >= 4 is 17.9 Å². The van der Waals surface area contributed by atoms with E-state index < -0.39 is 17.5 Å². The summed E-state index contributed by atoms with van der Waals surface area (Å²) in [6.07, 6.45) is 3.50. The number of ether oxygens (including phenoxy) is 1. The molecule has 1 aromatic carbocycles. The second-order valence-electron chi connectivity index (χ2n) is 7.03. The fourth-order valence-electron chi connectivity index (χ4n) is 3.74. The predicted octanol–water partition coefficient (Wildman–Crippen LogP) is 2.54. The zero-order chi connectivity index (χ0) is 18.0. The van der Waals surface area contributed by atoms with Crippen molar-refractivity contribution in [3.63, 3.8) is 0 Å². The van der Waals surface area contributed by atoms with Gasteiger partial charge in [0.05, 0.1) is 0 Å².